The molecular weight excluding hydrogens is 254 g/mol. The number of carboxylic acid groups (broad SMARTS) is 1. The summed E-state index contributed by atoms with van der Waals surface area (Å²) in [7, 11) is 0. The molecule has 1 fully saturated rings. The van der Waals surface area contributed by atoms with Crippen molar-refractivity contribution in [3.8, 4) is 5.75 Å². The maximum absolute atomic E-state index is 10.9. The summed E-state index contributed by atoms with van der Waals surface area (Å²) in [5.41, 5.74) is 1.23. The van der Waals surface area contributed by atoms with E-state index in [9.17, 15) is 9.90 Å². The largest absolute Gasteiger partial charge is 0.508 e. The average Bonchev–Trinajstić information content (AvgIpc) is 2.36. The maximum Gasteiger partial charge on any atom is 0.306 e. The highest BCUT2D eigenvalue weighted by Gasteiger charge is 2.36. The van der Waals surface area contributed by atoms with Crippen molar-refractivity contribution in [1.29, 1.82) is 0 Å². The maximum atomic E-state index is 10.9. The van der Waals surface area contributed by atoms with Gasteiger partial charge in [0.05, 0.1) is 5.92 Å². The zero-order valence-electron chi connectivity index (χ0n) is 12.1. The molecule has 0 saturated carbocycles. The Labute approximate surface area is 120 Å². The van der Waals surface area contributed by atoms with E-state index in [4.69, 9.17) is 5.11 Å². The lowest BCUT2D eigenvalue weighted by molar-refractivity contribution is -0.145. The van der Waals surface area contributed by atoms with Crippen molar-refractivity contribution in [3.63, 3.8) is 0 Å². The van der Waals surface area contributed by atoms with Crippen LogP contribution in [0.1, 0.15) is 25.8 Å². The Hall–Kier alpha value is -1.55. The summed E-state index contributed by atoms with van der Waals surface area (Å²) in [6.07, 6.45) is 2.04. The number of carboxylic acids is 1. The number of benzene rings is 1. The van der Waals surface area contributed by atoms with Crippen molar-refractivity contribution in [3.05, 3.63) is 29.8 Å². The number of nitrogens with zero attached hydrogens (tertiary/aromatic N) is 1. The fourth-order valence-electron chi connectivity index (χ4n) is 2.65. The van der Waals surface area contributed by atoms with Crippen molar-refractivity contribution in [2.24, 2.45) is 11.8 Å². The lowest BCUT2D eigenvalue weighted by atomic mass is 9.85. The molecule has 1 aromatic rings. The Kier molecular flexibility index (Phi) is 4.65. The first kappa shape index (κ1) is 14.9. The Morgan fingerprint density at radius 1 is 1.30 bits per heavy atom. The molecule has 4 nitrogen and oxygen atoms in total. The SMILES string of the molecule is CC(C(=O)O)C1CN(C(C)CCc2ccc(O)cc2)C1. The lowest BCUT2D eigenvalue weighted by Gasteiger charge is -2.45. The van der Waals surface area contributed by atoms with Gasteiger partial charge in [0.15, 0.2) is 0 Å². The van der Waals surface area contributed by atoms with Gasteiger partial charge in [-0.1, -0.05) is 19.1 Å². The molecule has 0 spiro atoms. The summed E-state index contributed by atoms with van der Waals surface area (Å²) in [6.45, 7) is 5.78. The number of carbonyl (C=O) groups is 1. The highest BCUT2D eigenvalue weighted by Crippen LogP contribution is 2.27. The minimum absolute atomic E-state index is 0.240. The fraction of sp³-hybridized carbons (Fsp3) is 0.562. The third-order valence-electron chi connectivity index (χ3n) is 4.45. The quantitative estimate of drug-likeness (QED) is 0.838. The second kappa shape index (κ2) is 6.27. The molecule has 2 rings (SSSR count). The van der Waals surface area contributed by atoms with Gasteiger partial charge in [0.1, 0.15) is 5.75 Å². The van der Waals surface area contributed by atoms with E-state index < -0.39 is 5.97 Å². The number of phenols is 1. The van der Waals surface area contributed by atoms with Crippen molar-refractivity contribution in [2.75, 3.05) is 13.1 Å². The third kappa shape index (κ3) is 3.51. The fourth-order valence-corrected chi connectivity index (χ4v) is 2.65. The molecule has 0 aromatic heterocycles. The van der Waals surface area contributed by atoms with Gasteiger partial charge in [-0.05, 0) is 43.4 Å². The zero-order chi connectivity index (χ0) is 14.7. The van der Waals surface area contributed by atoms with E-state index in [2.05, 4.69) is 11.8 Å². The van der Waals surface area contributed by atoms with Crippen molar-refractivity contribution in [1.82, 2.24) is 4.90 Å². The van der Waals surface area contributed by atoms with Crippen molar-refractivity contribution >= 4 is 5.97 Å². The van der Waals surface area contributed by atoms with Crippen LogP contribution in [0.2, 0.25) is 0 Å². The van der Waals surface area contributed by atoms with Gasteiger partial charge >= 0.3 is 5.97 Å². The van der Waals surface area contributed by atoms with Crippen LogP contribution in [-0.4, -0.2) is 40.2 Å². The monoisotopic (exact) mass is 277 g/mol. The normalized spacial score (nSPS) is 19.3. The van der Waals surface area contributed by atoms with Gasteiger partial charge in [0, 0.05) is 19.1 Å². The van der Waals surface area contributed by atoms with Gasteiger partial charge in [-0.25, -0.2) is 0 Å². The molecule has 1 heterocycles. The number of hydrogen-bond donors (Lipinski definition) is 2. The van der Waals surface area contributed by atoms with Crippen LogP contribution < -0.4 is 0 Å². The molecule has 1 aliphatic rings. The van der Waals surface area contributed by atoms with Crippen LogP contribution in [0.25, 0.3) is 0 Å². The molecule has 0 radical (unpaired) electrons. The predicted octanol–water partition coefficient (Wildman–Crippen LogP) is 2.37. The second-order valence-electron chi connectivity index (χ2n) is 5.90. The number of likely N-dealkylation sites (tertiary alicyclic amines) is 1. The summed E-state index contributed by atoms with van der Waals surface area (Å²) in [5, 5.41) is 18.2. The first-order valence-electron chi connectivity index (χ1n) is 7.22. The smallest absolute Gasteiger partial charge is 0.306 e. The van der Waals surface area contributed by atoms with Gasteiger partial charge in [-0.15, -0.1) is 0 Å². The van der Waals surface area contributed by atoms with Crippen molar-refractivity contribution < 1.29 is 15.0 Å². The Morgan fingerprint density at radius 2 is 1.90 bits per heavy atom. The highest BCUT2D eigenvalue weighted by molar-refractivity contribution is 5.70. The van der Waals surface area contributed by atoms with Gasteiger partial charge in [-0.3, -0.25) is 9.69 Å². The van der Waals surface area contributed by atoms with Gasteiger partial charge in [0.2, 0.25) is 0 Å². The molecule has 0 bridgehead atoms. The first-order chi connectivity index (χ1) is 9.47. The number of aryl methyl sites for hydroxylation is 1. The molecule has 110 valence electrons. The Bertz CT molecular complexity index is 451. The van der Waals surface area contributed by atoms with E-state index in [0.717, 1.165) is 25.9 Å². The summed E-state index contributed by atoms with van der Waals surface area (Å²) < 4.78 is 0. The molecule has 1 saturated heterocycles. The molecule has 1 aromatic carbocycles. The minimum atomic E-state index is -0.689. The van der Waals surface area contributed by atoms with Crippen LogP contribution in [0, 0.1) is 11.8 Å². The Balaban J connectivity index is 1.73. The van der Waals surface area contributed by atoms with Crippen LogP contribution in [0.4, 0.5) is 0 Å². The molecular formula is C16H23NO3. The molecule has 20 heavy (non-hydrogen) atoms. The second-order valence-corrected chi connectivity index (χ2v) is 5.90. The van der Waals surface area contributed by atoms with E-state index in [0.29, 0.717) is 17.7 Å². The summed E-state index contributed by atoms with van der Waals surface area (Å²) in [5.74, 6) is -0.333. The zero-order valence-corrected chi connectivity index (χ0v) is 12.1. The molecule has 4 heteroatoms. The Morgan fingerprint density at radius 3 is 2.45 bits per heavy atom. The average molecular weight is 277 g/mol. The standard InChI is InChI=1S/C16H23NO3/c1-11(3-4-13-5-7-15(18)8-6-13)17-9-14(10-17)12(2)16(19)20/h5-8,11-12,14,18H,3-4,9-10H2,1-2H3,(H,19,20). The van der Waals surface area contributed by atoms with Gasteiger partial charge < -0.3 is 10.2 Å². The third-order valence-corrected chi connectivity index (χ3v) is 4.45. The van der Waals surface area contributed by atoms with Crippen LogP contribution in [0.3, 0.4) is 0 Å². The van der Waals surface area contributed by atoms with Crippen LogP contribution in [0.15, 0.2) is 24.3 Å². The molecule has 0 amide bonds. The van der Waals surface area contributed by atoms with Crippen LogP contribution >= 0.6 is 0 Å². The molecule has 2 atom stereocenters. The highest BCUT2D eigenvalue weighted by atomic mass is 16.4. The molecule has 2 N–H and O–H groups in total. The lowest BCUT2D eigenvalue weighted by Crippen LogP contribution is -2.54. The number of hydrogen-bond acceptors (Lipinski definition) is 3. The van der Waals surface area contributed by atoms with E-state index in [1.807, 2.05) is 12.1 Å². The van der Waals surface area contributed by atoms with E-state index >= 15 is 0 Å². The van der Waals surface area contributed by atoms with Crippen molar-refractivity contribution in [2.45, 2.75) is 32.7 Å². The first-order valence-corrected chi connectivity index (χ1v) is 7.22. The number of rotatable bonds is 6. The van der Waals surface area contributed by atoms with E-state index in [-0.39, 0.29) is 5.92 Å². The summed E-state index contributed by atoms with van der Waals surface area (Å²) in [6, 6.07) is 7.81. The van der Waals surface area contributed by atoms with Gasteiger partial charge in [0.25, 0.3) is 0 Å². The molecule has 0 aliphatic carbocycles. The van der Waals surface area contributed by atoms with E-state index in [1.54, 1.807) is 19.1 Å². The van der Waals surface area contributed by atoms with Gasteiger partial charge in [-0.2, -0.15) is 0 Å². The van der Waals surface area contributed by atoms with Crippen LogP contribution in [-0.2, 0) is 11.2 Å². The molecule has 1 aliphatic heterocycles. The van der Waals surface area contributed by atoms with E-state index in [1.165, 1.54) is 5.56 Å². The summed E-state index contributed by atoms with van der Waals surface area (Å²) >= 11 is 0. The summed E-state index contributed by atoms with van der Waals surface area (Å²) in [4.78, 5) is 13.3. The van der Waals surface area contributed by atoms with Crippen LogP contribution in [0.5, 0.6) is 5.75 Å². The number of phenolic OH excluding ortho intramolecular Hbond substituents is 1. The topological polar surface area (TPSA) is 60.8 Å². The number of aromatic hydroxyl groups is 1. The molecule has 2 unspecified atom stereocenters. The predicted molar refractivity (Wildman–Crippen MR) is 77.8 cm³/mol. The number of aliphatic carboxylic acids is 1. The minimum Gasteiger partial charge on any atom is -0.508 e.